The van der Waals surface area contributed by atoms with Crippen LogP contribution in [0.5, 0.6) is 5.75 Å². The van der Waals surface area contributed by atoms with Gasteiger partial charge in [-0.25, -0.2) is 0 Å². The summed E-state index contributed by atoms with van der Waals surface area (Å²) in [6.45, 7) is 5.91. The third-order valence-electron chi connectivity index (χ3n) is 4.12. The van der Waals surface area contributed by atoms with E-state index in [2.05, 4.69) is 5.32 Å². The molecule has 5 nitrogen and oxygen atoms in total. The number of rotatable bonds is 4. The van der Waals surface area contributed by atoms with E-state index in [9.17, 15) is 4.79 Å². The van der Waals surface area contributed by atoms with Crippen LogP contribution in [-0.2, 0) is 9.53 Å². The van der Waals surface area contributed by atoms with Gasteiger partial charge in [-0.2, -0.15) is 0 Å². The molecule has 5 heteroatoms. The first-order valence-electron chi connectivity index (χ1n) is 7.59. The predicted octanol–water partition coefficient (Wildman–Crippen LogP) is 1.69. The Morgan fingerprint density at radius 2 is 2.14 bits per heavy atom. The number of hydrogen-bond acceptors (Lipinski definition) is 4. The molecule has 21 heavy (non-hydrogen) atoms. The monoisotopic (exact) mass is 290 g/mol. The van der Waals surface area contributed by atoms with Gasteiger partial charge in [-0.1, -0.05) is 12.1 Å². The highest BCUT2D eigenvalue weighted by atomic mass is 16.5. The zero-order valence-electron chi connectivity index (χ0n) is 12.5. The number of amides is 1. The Balaban J connectivity index is 1.82. The molecule has 2 aliphatic heterocycles. The molecule has 2 fully saturated rings. The van der Waals surface area contributed by atoms with E-state index in [-0.39, 0.29) is 24.2 Å². The van der Waals surface area contributed by atoms with Crippen LogP contribution in [0.2, 0.25) is 0 Å². The van der Waals surface area contributed by atoms with Crippen LogP contribution < -0.4 is 10.1 Å². The lowest BCUT2D eigenvalue weighted by molar-refractivity contribution is -0.132. The Labute approximate surface area is 125 Å². The van der Waals surface area contributed by atoms with E-state index in [1.165, 1.54) is 0 Å². The quantitative estimate of drug-likeness (QED) is 0.917. The Bertz CT molecular complexity index is 497. The molecule has 2 heterocycles. The van der Waals surface area contributed by atoms with E-state index in [1.807, 2.05) is 43.0 Å². The van der Waals surface area contributed by atoms with Crippen LogP contribution in [0.1, 0.15) is 32.0 Å². The fourth-order valence-electron chi connectivity index (χ4n) is 3.04. The van der Waals surface area contributed by atoms with E-state index in [1.54, 1.807) is 0 Å². The van der Waals surface area contributed by atoms with Gasteiger partial charge in [0.1, 0.15) is 11.9 Å². The van der Waals surface area contributed by atoms with Crippen molar-refractivity contribution >= 4 is 5.91 Å². The highest BCUT2D eigenvalue weighted by Crippen LogP contribution is 2.31. The minimum absolute atomic E-state index is 0.0742. The summed E-state index contributed by atoms with van der Waals surface area (Å²) < 4.78 is 10.9. The number of benzene rings is 1. The summed E-state index contributed by atoms with van der Waals surface area (Å²) in [5.74, 6) is 1.01. The molecule has 0 spiro atoms. The van der Waals surface area contributed by atoms with Crippen LogP contribution in [-0.4, -0.2) is 42.7 Å². The molecule has 0 radical (unpaired) electrons. The second-order valence-electron chi connectivity index (χ2n) is 5.56. The van der Waals surface area contributed by atoms with Gasteiger partial charge in [0, 0.05) is 6.61 Å². The summed E-state index contributed by atoms with van der Waals surface area (Å²) in [4.78, 5) is 14.4. The molecule has 1 amide bonds. The van der Waals surface area contributed by atoms with Crippen molar-refractivity contribution in [1.82, 2.24) is 10.2 Å². The predicted molar refractivity (Wildman–Crippen MR) is 79.0 cm³/mol. The van der Waals surface area contributed by atoms with Gasteiger partial charge < -0.3 is 14.4 Å². The van der Waals surface area contributed by atoms with Crippen LogP contribution in [0.15, 0.2) is 24.3 Å². The zero-order valence-corrected chi connectivity index (χ0v) is 12.5. The number of carbonyl (C=O) groups is 1. The normalized spacial score (nSPS) is 29.1. The van der Waals surface area contributed by atoms with Crippen LogP contribution >= 0.6 is 0 Å². The number of carbonyl (C=O) groups excluding carboxylic acids is 1. The first kappa shape index (κ1) is 14.4. The highest BCUT2D eigenvalue weighted by Gasteiger charge is 2.42. The molecule has 0 saturated carbocycles. The van der Waals surface area contributed by atoms with Crippen LogP contribution in [0.3, 0.4) is 0 Å². The van der Waals surface area contributed by atoms with Gasteiger partial charge in [0.25, 0.3) is 0 Å². The zero-order chi connectivity index (χ0) is 14.8. The molecule has 3 rings (SSSR count). The molecule has 0 bridgehead atoms. The van der Waals surface area contributed by atoms with Crippen molar-refractivity contribution in [1.29, 1.82) is 0 Å². The van der Waals surface area contributed by atoms with E-state index in [0.717, 1.165) is 24.3 Å². The van der Waals surface area contributed by atoms with Gasteiger partial charge >= 0.3 is 0 Å². The molecule has 2 saturated heterocycles. The minimum atomic E-state index is -0.151. The summed E-state index contributed by atoms with van der Waals surface area (Å²) in [6, 6.07) is 7.98. The maximum absolute atomic E-state index is 12.4. The molecule has 2 aliphatic rings. The number of hydrogen-bond donors (Lipinski definition) is 1. The standard InChI is InChI=1S/C16H22N2O3/c1-3-21-14-6-4-12(5-7-14)15-17-11(2)16(19)18(15)13-8-9-20-10-13/h4-7,11,13,15,17H,3,8-10H2,1-2H3. The topological polar surface area (TPSA) is 50.8 Å². The lowest BCUT2D eigenvalue weighted by Crippen LogP contribution is -2.40. The summed E-state index contributed by atoms with van der Waals surface area (Å²) >= 11 is 0. The van der Waals surface area contributed by atoms with Crippen molar-refractivity contribution in [3.05, 3.63) is 29.8 Å². The molecule has 1 aromatic rings. The lowest BCUT2D eigenvalue weighted by Gasteiger charge is -2.29. The van der Waals surface area contributed by atoms with Gasteiger partial charge in [0.2, 0.25) is 5.91 Å². The fourth-order valence-corrected chi connectivity index (χ4v) is 3.04. The maximum atomic E-state index is 12.4. The van der Waals surface area contributed by atoms with Crippen LogP contribution in [0.25, 0.3) is 0 Å². The van der Waals surface area contributed by atoms with Gasteiger partial charge in [0.05, 0.1) is 25.3 Å². The van der Waals surface area contributed by atoms with E-state index in [0.29, 0.717) is 13.2 Å². The largest absolute Gasteiger partial charge is 0.494 e. The third kappa shape index (κ3) is 2.76. The molecule has 0 aliphatic carbocycles. The first-order valence-corrected chi connectivity index (χ1v) is 7.59. The molecule has 3 atom stereocenters. The highest BCUT2D eigenvalue weighted by molar-refractivity contribution is 5.84. The Morgan fingerprint density at radius 3 is 2.76 bits per heavy atom. The second-order valence-corrected chi connectivity index (χ2v) is 5.56. The molecule has 0 aromatic heterocycles. The SMILES string of the molecule is CCOc1ccc(C2NC(C)C(=O)N2C2CCOC2)cc1. The molecular formula is C16H22N2O3. The van der Waals surface area contributed by atoms with Crippen molar-refractivity contribution in [2.75, 3.05) is 19.8 Å². The number of nitrogens with one attached hydrogen (secondary N) is 1. The molecular weight excluding hydrogens is 268 g/mol. The van der Waals surface area contributed by atoms with Crippen molar-refractivity contribution in [2.24, 2.45) is 0 Å². The number of nitrogens with zero attached hydrogens (tertiary/aromatic N) is 1. The van der Waals surface area contributed by atoms with E-state index in [4.69, 9.17) is 9.47 Å². The van der Waals surface area contributed by atoms with Crippen molar-refractivity contribution in [3.8, 4) is 5.75 Å². The van der Waals surface area contributed by atoms with E-state index >= 15 is 0 Å². The third-order valence-corrected chi connectivity index (χ3v) is 4.12. The summed E-state index contributed by atoms with van der Waals surface area (Å²) in [5.41, 5.74) is 1.09. The average Bonchev–Trinajstić information content (AvgIpc) is 3.10. The Kier molecular flexibility index (Phi) is 4.12. The van der Waals surface area contributed by atoms with Gasteiger partial charge in [-0.15, -0.1) is 0 Å². The maximum Gasteiger partial charge on any atom is 0.241 e. The Hall–Kier alpha value is -1.59. The van der Waals surface area contributed by atoms with Crippen molar-refractivity contribution < 1.29 is 14.3 Å². The second kappa shape index (κ2) is 6.03. The summed E-state index contributed by atoms with van der Waals surface area (Å²) in [6.07, 6.45) is 0.836. The lowest BCUT2D eigenvalue weighted by atomic mass is 10.1. The first-order chi connectivity index (χ1) is 10.2. The van der Waals surface area contributed by atoms with Crippen LogP contribution in [0.4, 0.5) is 0 Å². The van der Waals surface area contributed by atoms with Gasteiger partial charge in [-0.05, 0) is 38.0 Å². The molecule has 114 valence electrons. The summed E-state index contributed by atoms with van der Waals surface area (Å²) in [7, 11) is 0. The minimum Gasteiger partial charge on any atom is -0.494 e. The van der Waals surface area contributed by atoms with Crippen molar-refractivity contribution in [2.45, 2.75) is 38.5 Å². The summed E-state index contributed by atoms with van der Waals surface area (Å²) in [5, 5.41) is 3.38. The fraction of sp³-hybridized carbons (Fsp3) is 0.562. The molecule has 1 N–H and O–H groups in total. The molecule has 1 aromatic carbocycles. The van der Waals surface area contributed by atoms with E-state index < -0.39 is 0 Å². The van der Waals surface area contributed by atoms with Gasteiger partial charge in [-0.3, -0.25) is 10.1 Å². The Morgan fingerprint density at radius 1 is 1.38 bits per heavy atom. The van der Waals surface area contributed by atoms with Gasteiger partial charge in [0.15, 0.2) is 0 Å². The smallest absolute Gasteiger partial charge is 0.241 e. The average molecular weight is 290 g/mol. The number of ether oxygens (including phenoxy) is 2. The van der Waals surface area contributed by atoms with Crippen LogP contribution in [0, 0.1) is 0 Å². The molecule has 3 unspecified atom stereocenters. The van der Waals surface area contributed by atoms with Crippen molar-refractivity contribution in [3.63, 3.8) is 0 Å².